The van der Waals surface area contributed by atoms with Crippen molar-refractivity contribution in [2.75, 3.05) is 5.32 Å². The number of rotatable bonds is 5. The van der Waals surface area contributed by atoms with Crippen LogP contribution in [0.3, 0.4) is 0 Å². The summed E-state index contributed by atoms with van der Waals surface area (Å²) in [7, 11) is 0. The molecule has 0 saturated heterocycles. The lowest BCUT2D eigenvalue weighted by Gasteiger charge is -2.14. The molecular weight excluding hydrogens is 236 g/mol. The number of aromatic nitrogens is 1. The molecule has 0 aliphatic carbocycles. The Morgan fingerprint density at radius 1 is 1.21 bits per heavy atom. The van der Waals surface area contributed by atoms with Crippen molar-refractivity contribution in [2.45, 2.75) is 40.3 Å². The molecule has 0 spiro atoms. The van der Waals surface area contributed by atoms with Gasteiger partial charge in [0.05, 0.1) is 6.54 Å². The molecule has 0 radical (unpaired) electrons. The lowest BCUT2D eigenvalue weighted by molar-refractivity contribution is 0.467. The van der Waals surface area contributed by atoms with Crippen LogP contribution in [0.4, 0.5) is 5.69 Å². The minimum Gasteiger partial charge on any atom is -0.507 e. The fourth-order valence-electron chi connectivity index (χ4n) is 2.28. The van der Waals surface area contributed by atoms with Crippen molar-refractivity contribution >= 4 is 5.69 Å². The molecule has 19 heavy (non-hydrogen) atoms. The molecule has 1 heterocycles. The molecule has 0 aliphatic heterocycles. The van der Waals surface area contributed by atoms with E-state index in [-0.39, 0.29) is 0 Å². The van der Waals surface area contributed by atoms with E-state index in [1.165, 1.54) is 5.69 Å². The van der Waals surface area contributed by atoms with Gasteiger partial charge in [-0.25, -0.2) is 0 Å². The SMILES string of the molecule is CCCn1cccc1CNc1ccc(C)c(O)c1C. The van der Waals surface area contributed by atoms with E-state index in [4.69, 9.17) is 0 Å². The molecule has 0 unspecified atom stereocenters. The molecule has 2 N–H and O–H groups in total. The van der Waals surface area contributed by atoms with Crippen LogP contribution in [0.1, 0.15) is 30.2 Å². The van der Waals surface area contributed by atoms with Crippen molar-refractivity contribution in [2.24, 2.45) is 0 Å². The van der Waals surface area contributed by atoms with Gasteiger partial charge in [-0.05, 0) is 44.0 Å². The summed E-state index contributed by atoms with van der Waals surface area (Å²) in [5.74, 6) is 0.383. The van der Waals surface area contributed by atoms with Gasteiger partial charge in [0.2, 0.25) is 0 Å². The van der Waals surface area contributed by atoms with Crippen LogP contribution < -0.4 is 5.32 Å². The molecule has 3 heteroatoms. The Morgan fingerprint density at radius 3 is 2.74 bits per heavy atom. The minimum absolute atomic E-state index is 0.383. The summed E-state index contributed by atoms with van der Waals surface area (Å²) in [6, 6.07) is 8.17. The second-order valence-corrected chi connectivity index (χ2v) is 4.95. The highest BCUT2D eigenvalue weighted by molar-refractivity contribution is 5.59. The number of aromatic hydroxyl groups is 1. The number of nitrogens with zero attached hydrogens (tertiary/aromatic N) is 1. The number of phenolic OH excluding ortho intramolecular Hbond substituents is 1. The normalized spacial score (nSPS) is 10.7. The number of nitrogens with one attached hydrogen (secondary N) is 1. The largest absolute Gasteiger partial charge is 0.507 e. The molecule has 0 atom stereocenters. The molecular formula is C16H22N2O. The Bertz CT molecular complexity index is 558. The average molecular weight is 258 g/mol. The zero-order valence-corrected chi connectivity index (χ0v) is 11.9. The van der Waals surface area contributed by atoms with Gasteiger partial charge in [-0.15, -0.1) is 0 Å². The summed E-state index contributed by atoms with van der Waals surface area (Å²) >= 11 is 0. The first-order chi connectivity index (χ1) is 9.13. The lowest BCUT2D eigenvalue weighted by Crippen LogP contribution is -2.07. The van der Waals surface area contributed by atoms with E-state index in [1.807, 2.05) is 26.0 Å². The maximum Gasteiger partial charge on any atom is 0.123 e. The third-order valence-electron chi connectivity index (χ3n) is 3.48. The number of phenols is 1. The highest BCUT2D eigenvalue weighted by atomic mass is 16.3. The van der Waals surface area contributed by atoms with E-state index in [9.17, 15) is 5.11 Å². The van der Waals surface area contributed by atoms with Crippen LogP contribution in [-0.2, 0) is 13.1 Å². The fraction of sp³-hybridized carbons (Fsp3) is 0.375. The Balaban J connectivity index is 2.10. The zero-order valence-electron chi connectivity index (χ0n) is 11.9. The molecule has 0 amide bonds. The van der Waals surface area contributed by atoms with Crippen LogP contribution in [0.15, 0.2) is 30.5 Å². The molecule has 0 aliphatic rings. The lowest BCUT2D eigenvalue weighted by atomic mass is 10.1. The monoisotopic (exact) mass is 258 g/mol. The van der Waals surface area contributed by atoms with Crippen LogP contribution >= 0.6 is 0 Å². The number of hydrogen-bond acceptors (Lipinski definition) is 2. The molecule has 0 saturated carbocycles. The van der Waals surface area contributed by atoms with Gasteiger partial charge in [0.15, 0.2) is 0 Å². The summed E-state index contributed by atoms with van der Waals surface area (Å²) < 4.78 is 2.26. The minimum atomic E-state index is 0.383. The molecule has 102 valence electrons. The number of hydrogen-bond donors (Lipinski definition) is 2. The van der Waals surface area contributed by atoms with Crippen molar-refractivity contribution in [1.29, 1.82) is 0 Å². The van der Waals surface area contributed by atoms with E-state index in [1.54, 1.807) is 0 Å². The Labute approximate surface area is 114 Å². The second-order valence-electron chi connectivity index (χ2n) is 4.95. The molecule has 0 bridgehead atoms. The number of aryl methyl sites for hydroxylation is 2. The van der Waals surface area contributed by atoms with E-state index in [2.05, 4.69) is 35.1 Å². The standard InChI is InChI=1S/C16H22N2O/c1-4-9-18-10-5-6-14(18)11-17-15-8-7-12(2)16(19)13(15)3/h5-8,10,17,19H,4,9,11H2,1-3H3. The summed E-state index contributed by atoms with van der Waals surface area (Å²) in [5, 5.41) is 13.3. The van der Waals surface area contributed by atoms with Crippen molar-refractivity contribution < 1.29 is 5.11 Å². The van der Waals surface area contributed by atoms with Gasteiger partial charge in [-0.2, -0.15) is 0 Å². The molecule has 2 aromatic rings. The van der Waals surface area contributed by atoms with E-state index in [0.717, 1.165) is 36.3 Å². The topological polar surface area (TPSA) is 37.2 Å². The first kappa shape index (κ1) is 13.5. The van der Waals surface area contributed by atoms with Crippen molar-refractivity contribution in [3.05, 3.63) is 47.3 Å². The third kappa shape index (κ3) is 2.92. The van der Waals surface area contributed by atoms with Crippen LogP contribution in [0.5, 0.6) is 5.75 Å². The maximum atomic E-state index is 9.94. The van der Waals surface area contributed by atoms with Gasteiger partial charge < -0.3 is 15.0 Å². The van der Waals surface area contributed by atoms with Crippen molar-refractivity contribution in [1.82, 2.24) is 4.57 Å². The second kappa shape index (κ2) is 5.83. The van der Waals surface area contributed by atoms with Gasteiger partial charge in [0.25, 0.3) is 0 Å². The van der Waals surface area contributed by atoms with Crippen molar-refractivity contribution in [3.8, 4) is 5.75 Å². The highest BCUT2D eigenvalue weighted by Crippen LogP contribution is 2.28. The summed E-state index contributed by atoms with van der Waals surface area (Å²) in [5.41, 5.74) is 4.08. The zero-order chi connectivity index (χ0) is 13.8. The van der Waals surface area contributed by atoms with Crippen LogP contribution in [-0.4, -0.2) is 9.67 Å². The molecule has 1 aromatic heterocycles. The Morgan fingerprint density at radius 2 is 2.00 bits per heavy atom. The average Bonchev–Trinajstić information content (AvgIpc) is 2.83. The highest BCUT2D eigenvalue weighted by Gasteiger charge is 2.06. The summed E-state index contributed by atoms with van der Waals surface area (Å²) in [6.45, 7) is 7.85. The molecule has 1 aromatic carbocycles. The third-order valence-corrected chi connectivity index (χ3v) is 3.48. The van der Waals surface area contributed by atoms with E-state index >= 15 is 0 Å². The quantitative estimate of drug-likeness (QED) is 0.855. The van der Waals surface area contributed by atoms with Gasteiger partial charge in [0.1, 0.15) is 5.75 Å². The Kier molecular flexibility index (Phi) is 4.15. The van der Waals surface area contributed by atoms with Gasteiger partial charge in [-0.1, -0.05) is 13.0 Å². The molecule has 3 nitrogen and oxygen atoms in total. The summed E-state index contributed by atoms with van der Waals surface area (Å²) in [6.07, 6.45) is 3.24. The van der Waals surface area contributed by atoms with E-state index in [0.29, 0.717) is 5.75 Å². The smallest absolute Gasteiger partial charge is 0.123 e. The van der Waals surface area contributed by atoms with Crippen LogP contribution in [0, 0.1) is 13.8 Å². The van der Waals surface area contributed by atoms with Crippen LogP contribution in [0.2, 0.25) is 0 Å². The predicted molar refractivity (Wildman–Crippen MR) is 79.6 cm³/mol. The van der Waals surface area contributed by atoms with Gasteiger partial charge >= 0.3 is 0 Å². The predicted octanol–water partition coefficient (Wildman–Crippen LogP) is 3.83. The Hall–Kier alpha value is -1.90. The van der Waals surface area contributed by atoms with Gasteiger partial charge in [-0.3, -0.25) is 0 Å². The first-order valence-corrected chi connectivity index (χ1v) is 6.80. The fourth-order valence-corrected chi connectivity index (χ4v) is 2.28. The number of anilines is 1. The van der Waals surface area contributed by atoms with Gasteiger partial charge in [0, 0.05) is 29.7 Å². The molecule has 2 rings (SSSR count). The summed E-state index contributed by atoms with van der Waals surface area (Å²) in [4.78, 5) is 0. The molecule has 0 fully saturated rings. The number of benzene rings is 1. The maximum absolute atomic E-state index is 9.94. The first-order valence-electron chi connectivity index (χ1n) is 6.80. The van der Waals surface area contributed by atoms with Crippen molar-refractivity contribution in [3.63, 3.8) is 0 Å². The van der Waals surface area contributed by atoms with Crippen LogP contribution in [0.25, 0.3) is 0 Å². The van der Waals surface area contributed by atoms with E-state index < -0.39 is 0 Å².